The second-order valence-electron chi connectivity index (χ2n) is 11.2. The number of benzene rings is 4. The normalized spacial score (nSPS) is 25.9. The molecule has 1 fully saturated rings. The number of aryl methyl sites for hydroxylation is 1. The van der Waals surface area contributed by atoms with Gasteiger partial charge in [-0.25, -0.2) is 0 Å². The number of hydrogen-bond acceptors (Lipinski definition) is 3. The zero-order valence-electron chi connectivity index (χ0n) is 22.9. The highest BCUT2D eigenvalue weighted by Crippen LogP contribution is 2.69. The van der Waals surface area contributed by atoms with E-state index in [2.05, 4.69) is 5.32 Å². The predicted octanol–water partition coefficient (Wildman–Crippen LogP) is 6.39. The van der Waals surface area contributed by atoms with Crippen LogP contribution in [-0.4, -0.2) is 28.7 Å². The van der Waals surface area contributed by atoms with Crippen LogP contribution in [0.15, 0.2) is 103 Å². The van der Waals surface area contributed by atoms with Crippen LogP contribution in [0.4, 0.5) is 5.69 Å². The fourth-order valence-corrected chi connectivity index (χ4v) is 8.40. The molecule has 1 aliphatic heterocycles. The molecule has 3 atom stereocenters. The predicted molar refractivity (Wildman–Crippen MR) is 163 cm³/mol. The highest BCUT2D eigenvalue weighted by atomic mass is 35.5. The summed E-state index contributed by atoms with van der Waals surface area (Å²) in [6.07, 6.45) is 0.869. The molecule has 1 N–H and O–H groups in total. The second kappa shape index (κ2) is 9.82. The number of imide groups is 1. The van der Waals surface area contributed by atoms with Gasteiger partial charge in [0.2, 0.25) is 17.7 Å². The number of anilines is 1. The number of hydrogen-bond donors (Lipinski definition) is 1. The van der Waals surface area contributed by atoms with E-state index in [-0.39, 0.29) is 6.42 Å². The largest absolute Gasteiger partial charge is 0.324 e. The SMILES string of the molecule is CCc1ccccc1NC(=O)[C@H](Cc1ccccc1)N1C(=O)[C@H]2[C@H](C1=O)C1(Cl)c3ccccc3C2(Cl)c2ccccc21. The molecule has 7 heteroatoms. The quantitative estimate of drug-likeness (QED) is 0.208. The maximum absolute atomic E-state index is 14.6. The lowest BCUT2D eigenvalue weighted by atomic mass is 9.54. The molecule has 4 aliphatic rings. The highest BCUT2D eigenvalue weighted by Gasteiger charge is 2.73. The summed E-state index contributed by atoms with van der Waals surface area (Å²) in [5, 5.41) is 3.02. The van der Waals surface area contributed by atoms with Crippen molar-refractivity contribution in [1.29, 1.82) is 0 Å². The van der Waals surface area contributed by atoms with Gasteiger partial charge >= 0.3 is 0 Å². The van der Waals surface area contributed by atoms with Gasteiger partial charge in [0.25, 0.3) is 0 Å². The fourth-order valence-electron chi connectivity index (χ4n) is 7.30. The maximum Gasteiger partial charge on any atom is 0.248 e. The van der Waals surface area contributed by atoms with Crippen LogP contribution in [-0.2, 0) is 37.0 Å². The van der Waals surface area contributed by atoms with Crippen LogP contribution in [0.2, 0.25) is 0 Å². The summed E-state index contributed by atoms with van der Waals surface area (Å²) in [7, 11) is 0. The van der Waals surface area contributed by atoms with E-state index >= 15 is 0 Å². The first-order valence-electron chi connectivity index (χ1n) is 14.2. The van der Waals surface area contributed by atoms with Gasteiger partial charge in [0.05, 0.1) is 11.8 Å². The van der Waals surface area contributed by atoms with Crippen molar-refractivity contribution in [2.75, 3.05) is 5.32 Å². The van der Waals surface area contributed by atoms with Gasteiger partial charge in [-0.3, -0.25) is 19.3 Å². The van der Waals surface area contributed by atoms with Crippen molar-refractivity contribution < 1.29 is 14.4 Å². The third-order valence-electron chi connectivity index (χ3n) is 9.16. The monoisotopic (exact) mass is 594 g/mol. The molecule has 1 heterocycles. The minimum absolute atomic E-state index is 0.155. The average Bonchev–Trinajstić information content (AvgIpc) is 3.30. The van der Waals surface area contributed by atoms with Crippen molar-refractivity contribution in [3.05, 3.63) is 137 Å². The van der Waals surface area contributed by atoms with E-state index in [1.807, 2.05) is 110 Å². The first-order valence-corrected chi connectivity index (χ1v) is 14.9. The molecule has 0 unspecified atom stereocenters. The number of nitrogens with one attached hydrogen (secondary N) is 1. The van der Waals surface area contributed by atoms with E-state index in [1.165, 1.54) is 0 Å². The third-order valence-corrected chi connectivity index (χ3v) is 10.4. The van der Waals surface area contributed by atoms with Crippen LogP contribution in [0.25, 0.3) is 0 Å². The van der Waals surface area contributed by atoms with E-state index in [1.54, 1.807) is 0 Å². The van der Waals surface area contributed by atoms with Gasteiger partial charge in [-0.15, -0.1) is 23.2 Å². The lowest BCUT2D eigenvalue weighted by Gasteiger charge is -2.54. The summed E-state index contributed by atoms with van der Waals surface area (Å²) < 4.78 is 0. The number of amides is 3. The summed E-state index contributed by atoms with van der Waals surface area (Å²) in [4.78, 5) is 41.9. The number of para-hydroxylation sites is 1. The summed E-state index contributed by atoms with van der Waals surface area (Å²) in [6, 6.07) is 30.9. The average molecular weight is 596 g/mol. The van der Waals surface area contributed by atoms with Crippen LogP contribution in [0, 0.1) is 11.8 Å². The molecule has 42 heavy (non-hydrogen) atoms. The number of carbonyl (C=O) groups is 3. The van der Waals surface area contributed by atoms with Gasteiger partial charge in [-0.2, -0.15) is 0 Å². The molecule has 0 radical (unpaired) electrons. The Bertz CT molecular complexity index is 1630. The zero-order chi connectivity index (χ0) is 29.2. The van der Waals surface area contributed by atoms with Crippen molar-refractivity contribution in [3.8, 4) is 0 Å². The molecule has 1 saturated heterocycles. The lowest BCUT2D eigenvalue weighted by Crippen LogP contribution is -2.57. The Hall–Kier alpha value is -3.93. The van der Waals surface area contributed by atoms with Gasteiger partial charge in [-0.1, -0.05) is 104 Å². The molecule has 3 aliphatic carbocycles. The summed E-state index contributed by atoms with van der Waals surface area (Å²) in [6.45, 7) is 2.01. The molecular weight excluding hydrogens is 567 g/mol. The highest BCUT2D eigenvalue weighted by molar-refractivity contribution is 6.36. The molecule has 0 spiro atoms. The Balaban J connectivity index is 1.37. The number of carbonyl (C=O) groups excluding carboxylic acids is 3. The number of alkyl halides is 2. The Morgan fingerprint density at radius 2 is 1.19 bits per heavy atom. The molecule has 3 amide bonds. The standard InChI is InChI=1S/C35H28Cl2N2O3/c1-2-22-14-6-11-19-27(22)38-31(40)28(20-21-12-4-3-5-13-21)39-32(41)29-30(33(39)42)35(37)24-16-8-7-15-23(24)34(29,36)25-17-9-10-18-26(25)35/h3-19,28-30H,2,20H2,1H3,(H,38,40)/t28-,29+,30+,34?,35?/m0/s1. The summed E-state index contributed by atoms with van der Waals surface area (Å²) in [5.74, 6) is -3.33. The number of likely N-dealkylation sites (tertiary alicyclic amines) is 1. The molecule has 4 aromatic rings. The molecule has 4 aromatic carbocycles. The van der Waals surface area contributed by atoms with E-state index in [0.717, 1.165) is 38.3 Å². The van der Waals surface area contributed by atoms with Crippen LogP contribution in [0.1, 0.15) is 40.3 Å². The Morgan fingerprint density at radius 3 is 1.69 bits per heavy atom. The van der Waals surface area contributed by atoms with E-state index in [4.69, 9.17) is 23.2 Å². The van der Waals surface area contributed by atoms with Gasteiger partial charge < -0.3 is 5.32 Å². The first-order chi connectivity index (χ1) is 20.3. The minimum atomic E-state index is -1.31. The van der Waals surface area contributed by atoms with Crippen molar-refractivity contribution in [2.45, 2.75) is 35.6 Å². The third kappa shape index (κ3) is 3.60. The van der Waals surface area contributed by atoms with Gasteiger partial charge in [0.15, 0.2) is 0 Å². The van der Waals surface area contributed by atoms with Crippen LogP contribution in [0.3, 0.4) is 0 Å². The second-order valence-corrected chi connectivity index (χ2v) is 12.4. The van der Waals surface area contributed by atoms with Crippen molar-refractivity contribution in [2.24, 2.45) is 11.8 Å². The summed E-state index contributed by atoms with van der Waals surface area (Å²) in [5.41, 5.74) is 5.35. The Labute approximate surface area is 254 Å². The van der Waals surface area contributed by atoms with Crippen molar-refractivity contribution in [3.63, 3.8) is 0 Å². The minimum Gasteiger partial charge on any atom is -0.324 e. The molecule has 8 rings (SSSR count). The lowest BCUT2D eigenvalue weighted by molar-refractivity contribution is -0.146. The van der Waals surface area contributed by atoms with E-state index < -0.39 is 45.3 Å². The number of nitrogens with zero attached hydrogens (tertiary/aromatic N) is 1. The first kappa shape index (κ1) is 26.9. The van der Waals surface area contributed by atoms with Crippen LogP contribution < -0.4 is 5.32 Å². The molecule has 5 nitrogen and oxygen atoms in total. The van der Waals surface area contributed by atoms with Gasteiger partial charge in [0.1, 0.15) is 15.8 Å². The van der Waals surface area contributed by atoms with E-state index in [9.17, 15) is 14.4 Å². The van der Waals surface area contributed by atoms with Crippen molar-refractivity contribution >= 4 is 46.6 Å². The smallest absolute Gasteiger partial charge is 0.248 e. The summed E-state index contributed by atoms with van der Waals surface area (Å²) >= 11 is 15.2. The molecule has 210 valence electrons. The topological polar surface area (TPSA) is 66.5 Å². The van der Waals surface area contributed by atoms with Crippen LogP contribution in [0.5, 0.6) is 0 Å². The number of rotatable bonds is 6. The van der Waals surface area contributed by atoms with Gasteiger partial charge in [-0.05, 0) is 45.9 Å². The van der Waals surface area contributed by atoms with Crippen molar-refractivity contribution in [1.82, 2.24) is 4.90 Å². The molecular formula is C35H28Cl2N2O3. The van der Waals surface area contributed by atoms with Gasteiger partial charge in [0, 0.05) is 12.1 Å². The number of halogens is 2. The van der Waals surface area contributed by atoms with E-state index in [0.29, 0.717) is 12.1 Å². The Morgan fingerprint density at radius 1 is 0.738 bits per heavy atom. The Kier molecular flexibility index (Phi) is 6.30. The fraction of sp³-hybridized carbons (Fsp3) is 0.229. The van der Waals surface area contributed by atoms with Crippen LogP contribution >= 0.6 is 23.2 Å². The molecule has 0 saturated carbocycles. The zero-order valence-corrected chi connectivity index (χ0v) is 24.4. The maximum atomic E-state index is 14.6. The molecule has 0 aromatic heterocycles. The molecule has 2 bridgehead atoms.